The van der Waals surface area contributed by atoms with E-state index in [9.17, 15) is 5.11 Å². The fourth-order valence-corrected chi connectivity index (χ4v) is 2.39. The fourth-order valence-electron chi connectivity index (χ4n) is 2.39. The monoisotopic (exact) mass is 247 g/mol. The summed E-state index contributed by atoms with van der Waals surface area (Å²) in [7, 11) is 0. The summed E-state index contributed by atoms with van der Waals surface area (Å²) in [5, 5.41) is 10.2. The lowest BCUT2D eigenvalue weighted by atomic mass is 9.82. The molecule has 2 aromatic heterocycles. The van der Waals surface area contributed by atoms with Crippen LogP contribution in [0.25, 0.3) is 11.2 Å². The molecule has 1 saturated carbocycles. The molecular formula is C12H17N5O. The third-order valence-electron chi connectivity index (χ3n) is 3.77. The molecule has 1 fully saturated rings. The molecule has 3 rings (SSSR count). The minimum Gasteiger partial charge on any atom is -0.382 e. The van der Waals surface area contributed by atoms with Gasteiger partial charge in [0.15, 0.2) is 11.5 Å². The van der Waals surface area contributed by atoms with E-state index >= 15 is 0 Å². The van der Waals surface area contributed by atoms with Crippen LogP contribution in [0.4, 0.5) is 5.82 Å². The number of hydrogen-bond acceptors (Lipinski definition) is 5. The van der Waals surface area contributed by atoms with Gasteiger partial charge in [0.1, 0.15) is 18.1 Å². The quantitative estimate of drug-likeness (QED) is 0.854. The molecule has 1 aliphatic carbocycles. The van der Waals surface area contributed by atoms with Crippen LogP contribution < -0.4 is 5.73 Å². The summed E-state index contributed by atoms with van der Waals surface area (Å²) in [5.74, 6) is 1.14. The lowest BCUT2D eigenvalue weighted by Gasteiger charge is -2.26. The number of nitrogens with zero attached hydrogens (tertiary/aromatic N) is 4. The summed E-state index contributed by atoms with van der Waals surface area (Å²) in [6.07, 6.45) is 8.12. The van der Waals surface area contributed by atoms with Crippen molar-refractivity contribution in [2.24, 2.45) is 5.92 Å². The van der Waals surface area contributed by atoms with E-state index in [1.54, 1.807) is 10.9 Å². The molecule has 0 radical (unpaired) electrons. The topological polar surface area (TPSA) is 89.9 Å². The van der Waals surface area contributed by atoms with Crippen LogP contribution in [0.5, 0.6) is 0 Å². The molecule has 2 aromatic rings. The number of nitrogens with two attached hydrogens (primary N) is 1. The second kappa shape index (κ2) is 4.53. The normalized spacial score (nSPS) is 17.8. The Balaban J connectivity index is 1.78. The van der Waals surface area contributed by atoms with E-state index in [1.807, 2.05) is 0 Å². The average Bonchev–Trinajstić information content (AvgIpc) is 2.72. The van der Waals surface area contributed by atoms with Crippen molar-refractivity contribution in [3.05, 3.63) is 12.7 Å². The molecule has 0 amide bonds. The van der Waals surface area contributed by atoms with E-state index in [-0.39, 0.29) is 0 Å². The molecule has 3 N–H and O–H groups in total. The first-order chi connectivity index (χ1) is 8.75. The highest BCUT2D eigenvalue weighted by Gasteiger charge is 2.20. The van der Waals surface area contributed by atoms with Crippen molar-refractivity contribution >= 4 is 17.0 Å². The highest BCUT2D eigenvalue weighted by Crippen LogP contribution is 2.32. The van der Waals surface area contributed by atoms with Gasteiger partial charge in [-0.25, -0.2) is 15.0 Å². The van der Waals surface area contributed by atoms with E-state index in [4.69, 9.17) is 5.73 Å². The van der Waals surface area contributed by atoms with Crippen molar-refractivity contribution < 1.29 is 5.11 Å². The summed E-state index contributed by atoms with van der Waals surface area (Å²) in [4.78, 5) is 12.2. The van der Waals surface area contributed by atoms with Crippen LogP contribution in [-0.2, 0) is 0 Å². The van der Waals surface area contributed by atoms with Gasteiger partial charge in [-0.2, -0.15) is 0 Å². The van der Waals surface area contributed by atoms with Gasteiger partial charge in [0, 0.05) is 0 Å². The molecule has 0 spiro atoms. The van der Waals surface area contributed by atoms with E-state index in [2.05, 4.69) is 15.0 Å². The lowest BCUT2D eigenvalue weighted by Crippen LogP contribution is -2.15. The van der Waals surface area contributed by atoms with Gasteiger partial charge in [-0.15, -0.1) is 0 Å². The number of nitrogen functional groups attached to an aromatic ring is 1. The van der Waals surface area contributed by atoms with Crippen molar-refractivity contribution in [3.8, 4) is 0 Å². The molecule has 6 nitrogen and oxygen atoms in total. The highest BCUT2D eigenvalue weighted by atomic mass is 16.3. The summed E-state index contributed by atoms with van der Waals surface area (Å²) in [6.45, 7) is 0. The van der Waals surface area contributed by atoms with Crippen LogP contribution in [0.2, 0.25) is 0 Å². The zero-order valence-corrected chi connectivity index (χ0v) is 10.2. The molecule has 1 atom stereocenters. The predicted molar refractivity (Wildman–Crippen MR) is 67.6 cm³/mol. The summed E-state index contributed by atoms with van der Waals surface area (Å²) in [6, 6.07) is 0. The number of rotatable bonds is 4. The number of aliphatic hydroxyl groups excluding tert-OH is 1. The number of aliphatic hydroxyl groups is 1. The van der Waals surface area contributed by atoms with E-state index in [0.29, 0.717) is 17.0 Å². The maximum absolute atomic E-state index is 10.2. The number of anilines is 1. The molecule has 96 valence electrons. The first-order valence-corrected chi connectivity index (χ1v) is 6.37. The molecule has 0 saturated heterocycles. The van der Waals surface area contributed by atoms with Crippen LogP contribution in [0, 0.1) is 5.92 Å². The van der Waals surface area contributed by atoms with Crippen LogP contribution in [-0.4, -0.2) is 24.6 Å². The minimum atomic E-state index is -0.579. The van der Waals surface area contributed by atoms with Crippen LogP contribution in [0.3, 0.4) is 0 Å². The Kier molecular flexibility index (Phi) is 2.87. The van der Waals surface area contributed by atoms with Gasteiger partial charge in [0.05, 0.1) is 6.33 Å². The Hall–Kier alpha value is -1.69. The van der Waals surface area contributed by atoms with Crippen LogP contribution in [0.15, 0.2) is 12.7 Å². The van der Waals surface area contributed by atoms with Gasteiger partial charge in [-0.05, 0) is 18.8 Å². The molecule has 2 heterocycles. The highest BCUT2D eigenvalue weighted by molar-refractivity contribution is 5.81. The summed E-state index contributed by atoms with van der Waals surface area (Å²) in [5.41, 5.74) is 6.87. The van der Waals surface area contributed by atoms with Crippen LogP contribution in [0.1, 0.15) is 38.3 Å². The third-order valence-corrected chi connectivity index (χ3v) is 3.77. The van der Waals surface area contributed by atoms with Crippen molar-refractivity contribution in [1.29, 1.82) is 0 Å². The number of imidazole rings is 1. The Morgan fingerprint density at radius 1 is 1.39 bits per heavy atom. The van der Waals surface area contributed by atoms with Gasteiger partial charge < -0.3 is 10.8 Å². The van der Waals surface area contributed by atoms with Crippen molar-refractivity contribution in [2.75, 3.05) is 5.73 Å². The molecular weight excluding hydrogens is 230 g/mol. The smallest absolute Gasteiger partial charge is 0.167 e. The number of fused-ring (bicyclic) bond motifs is 1. The summed E-state index contributed by atoms with van der Waals surface area (Å²) >= 11 is 0. The Labute approximate surface area is 105 Å². The Morgan fingerprint density at radius 3 is 2.94 bits per heavy atom. The van der Waals surface area contributed by atoms with Gasteiger partial charge in [0.2, 0.25) is 0 Å². The van der Waals surface area contributed by atoms with Crippen molar-refractivity contribution in [2.45, 2.75) is 38.3 Å². The lowest BCUT2D eigenvalue weighted by molar-refractivity contribution is 0.0836. The molecule has 0 bridgehead atoms. The van der Waals surface area contributed by atoms with Crippen LogP contribution >= 0.6 is 0 Å². The minimum absolute atomic E-state index is 0.352. The third kappa shape index (κ3) is 1.92. The standard InChI is InChI=1S/C12H17N5O/c13-11-10-12(15-6-14-11)17(7-16-10)9(18)5-4-8-2-1-3-8/h6-9,18H,1-5H2,(H2,13,14,15). The van der Waals surface area contributed by atoms with E-state index in [0.717, 1.165) is 18.8 Å². The first kappa shape index (κ1) is 11.4. The van der Waals surface area contributed by atoms with Gasteiger partial charge in [-0.1, -0.05) is 19.3 Å². The molecule has 0 aromatic carbocycles. The van der Waals surface area contributed by atoms with Crippen molar-refractivity contribution in [3.63, 3.8) is 0 Å². The molecule has 1 aliphatic rings. The fraction of sp³-hybridized carbons (Fsp3) is 0.583. The summed E-state index contributed by atoms with van der Waals surface area (Å²) < 4.78 is 1.67. The maximum Gasteiger partial charge on any atom is 0.167 e. The van der Waals surface area contributed by atoms with E-state index < -0.39 is 6.23 Å². The largest absolute Gasteiger partial charge is 0.382 e. The molecule has 1 unspecified atom stereocenters. The van der Waals surface area contributed by atoms with Gasteiger partial charge >= 0.3 is 0 Å². The molecule has 18 heavy (non-hydrogen) atoms. The van der Waals surface area contributed by atoms with E-state index in [1.165, 1.54) is 25.6 Å². The zero-order valence-electron chi connectivity index (χ0n) is 10.2. The van der Waals surface area contributed by atoms with Gasteiger partial charge in [0.25, 0.3) is 0 Å². The predicted octanol–water partition coefficient (Wildman–Crippen LogP) is 1.48. The Bertz CT molecular complexity index is 548. The van der Waals surface area contributed by atoms with Crippen molar-refractivity contribution in [1.82, 2.24) is 19.5 Å². The first-order valence-electron chi connectivity index (χ1n) is 6.37. The molecule has 6 heteroatoms. The molecule has 0 aliphatic heterocycles. The SMILES string of the molecule is Nc1ncnc2c1ncn2C(O)CCC1CCC1. The van der Waals surface area contributed by atoms with Gasteiger partial charge in [-0.3, -0.25) is 4.57 Å². The average molecular weight is 247 g/mol. The maximum atomic E-state index is 10.2. The second-order valence-corrected chi connectivity index (χ2v) is 4.94. The number of hydrogen-bond donors (Lipinski definition) is 2. The zero-order chi connectivity index (χ0) is 12.5. The number of aromatic nitrogens is 4. The Morgan fingerprint density at radius 2 is 2.22 bits per heavy atom. The second-order valence-electron chi connectivity index (χ2n) is 4.94.